The lowest BCUT2D eigenvalue weighted by molar-refractivity contribution is 0.645. The second-order valence-electron chi connectivity index (χ2n) is 16.4. The van der Waals surface area contributed by atoms with E-state index in [0.717, 1.165) is 11.4 Å². The summed E-state index contributed by atoms with van der Waals surface area (Å²) in [4.78, 5) is 2.52. The molecular weight excluding hydrogens is 687 g/mol. The highest BCUT2D eigenvalue weighted by molar-refractivity contribution is 6.11. The van der Waals surface area contributed by atoms with Crippen molar-refractivity contribution < 1.29 is 0 Å². The van der Waals surface area contributed by atoms with Gasteiger partial charge in [0.15, 0.2) is 0 Å². The molecule has 12 rings (SSSR count). The van der Waals surface area contributed by atoms with Crippen LogP contribution in [0.2, 0.25) is 0 Å². The highest BCUT2D eigenvalue weighted by Crippen LogP contribution is 2.63. The second-order valence-corrected chi connectivity index (χ2v) is 16.4. The topological polar surface area (TPSA) is 3.24 Å². The van der Waals surface area contributed by atoms with Gasteiger partial charge in [-0.25, -0.2) is 0 Å². The minimum Gasteiger partial charge on any atom is -0.310 e. The molecule has 0 atom stereocenters. The monoisotopic (exact) mass is 725 g/mol. The predicted molar refractivity (Wildman–Crippen MR) is 238 cm³/mol. The average Bonchev–Trinajstić information content (AvgIpc) is 3.73. The Morgan fingerprint density at radius 3 is 1.60 bits per heavy atom. The van der Waals surface area contributed by atoms with Gasteiger partial charge in [-0.1, -0.05) is 178 Å². The normalized spacial score (nSPS) is 14.4. The van der Waals surface area contributed by atoms with Gasteiger partial charge in [-0.3, -0.25) is 0 Å². The molecule has 0 unspecified atom stereocenters. The zero-order chi connectivity index (χ0) is 37.9. The summed E-state index contributed by atoms with van der Waals surface area (Å²) in [5.74, 6) is 0. The number of benzene rings is 9. The molecule has 0 bridgehead atoms. The Morgan fingerprint density at radius 2 is 0.930 bits per heavy atom. The van der Waals surface area contributed by atoms with Crippen LogP contribution in [0.5, 0.6) is 0 Å². The Hall–Kier alpha value is -6.96. The summed E-state index contributed by atoms with van der Waals surface area (Å²) >= 11 is 0. The number of fused-ring (bicyclic) bond motifs is 12. The van der Waals surface area contributed by atoms with Crippen molar-refractivity contribution >= 4 is 27.8 Å². The van der Waals surface area contributed by atoms with E-state index in [2.05, 4.69) is 219 Å². The third kappa shape index (κ3) is 4.29. The summed E-state index contributed by atoms with van der Waals surface area (Å²) < 4.78 is 0. The van der Waals surface area contributed by atoms with Crippen LogP contribution in [0, 0.1) is 0 Å². The fourth-order valence-corrected chi connectivity index (χ4v) is 10.8. The molecule has 0 radical (unpaired) electrons. The van der Waals surface area contributed by atoms with E-state index in [1.165, 1.54) is 94.3 Å². The first kappa shape index (κ1) is 32.3. The number of hydrogen-bond donors (Lipinski definition) is 0. The zero-order valence-corrected chi connectivity index (χ0v) is 32.0. The van der Waals surface area contributed by atoms with Crippen molar-refractivity contribution in [2.75, 3.05) is 4.90 Å². The highest BCUT2D eigenvalue weighted by Gasteiger charge is 2.51. The van der Waals surface area contributed by atoms with Crippen LogP contribution in [0.15, 0.2) is 200 Å². The molecule has 0 heterocycles. The quantitative estimate of drug-likeness (QED) is 0.175. The molecule has 0 saturated heterocycles. The SMILES string of the molecule is CC1(C)c2ccc(-c3ccccc3)cc2-c2c(N(c3ccccc3)c3ccc4c(c3)C3(c5ccccc5-c5ccccc53)c3ccccc3-4)ccc3cccc1c23. The number of hydrogen-bond acceptors (Lipinski definition) is 1. The molecule has 0 saturated carbocycles. The molecule has 0 amide bonds. The van der Waals surface area contributed by atoms with Gasteiger partial charge >= 0.3 is 0 Å². The summed E-state index contributed by atoms with van der Waals surface area (Å²) in [5, 5.41) is 2.60. The lowest BCUT2D eigenvalue weighted by atomic mass is 9.67. The Bertz CT molecular complexity index is 3030. The van der Waals surface area contributed by atoms with E-state index in [0.29, 0.717) is 0 Å². The molecule has 0 aliphatic heterocycles. The van der Waals surface area contributed by atoms with Gasteiger partial charge in [0, 0.05) is 22.4 Å². The van der Waals surface area contributed by atoms with E-state index >= 15 is 0 Å². The van der Waals surface area contributed by atoms with Crippen molar-refractivity contribution in [1.82, 2.24) is 0 Å². The molecule has 1 nitrogen and oxygen atoms in total. The maximum Gasteiger partial charge on any atom is 0.0726 e. The first-order chi connectivity index (χ1) is 28.0. The lowest BCUT2D eigenvalue weighted by Gasteiger charge is -2.38. The summed E-state index contributed by atoms with van der Waals surface area (Å²) in [6, 6.07) is 75.0. The van der Waals surface area contributed by atoms with Gasteiger partial charge in [-0.2, -0.15) is 0 Å². The second kappa shape index (κ2) is 11.8. The minimum absolute atomic E-state index is 0.178. The molecule has 57 heavy (non-hydrogen) atoms. The first-order valence-corrected chi connectivity index (χ1v) is 20.1. The minimum atomic E-state index is -0.427. The van der Waals surface area contributed by atoms with Gasteiger partial charge < -0.3 is 4.90 Å². The summed E-state index contributed by atoms with van der Waals surface area (Å²) in [6.07, 6.45) is 0. The fraction of sp³-hybridized carbons (Fsp3) is 0.0714. The van der Waals surface area contributed by atoms with Crippen LogP contribution in [-0.2, 0) is 10.8 Å². The number of para-hydroxylation sites is 1. The maximum absolute atomic E-state index is 2.52. The molecular formula is C56H39N. The molecule has 1 heteroatoms. The lowest BCUT2D eigenvalue weighted by Crippen LogP contribution is -2.26. The van der Waals surface area contributed by atoms with E-state index in [9.17, 15) is 0 Å². The van der Waals surface area contributed by atoms with Gasteiger partial charge in [-0.15, -0.1) is 0 Å². The number of nitrogens with zero attached hydrogens (tertiary/aromatic N) is 1. The smallest absolute Gasteiger partial charge is 0.0726 e. The summed E-state index contributed by atoms with van der Waals surface area (Å²) in [6.45, 7) is 4.78. The maximum atomic E-state index is 2.52. The van der Waals surface area contributed by atoms with Crippen LogP contribution in [0.25, 0.3) is 55.3 Å². The fourth-order valence-electron chi connectivity index (χ4n) is 10.8. The van der Waals surface area contributed by atoms with Gasteiger partial charge in [0.25, 0.3) is 0 Å². The Labute approximate surface area is 334 Å². The Kier molecular flexibility index (Phi) is 6.67. The van der Waals surface area contributed by atoms with Crippen molar-refractivity contribution in [3.8, 4) is 44.5 Å². The van der Waals surface area contributed by atoms with Crippen molar-refractivity contribution in [2.24, 2.45) is 0 Å². The van der Waals surface area contributed by atoms with Crippen LogP contribution in [0.3, 0.4) is 0 Å². The molecule has 0 aromatic heterocycles. The molecule has 9 aromatic carbocycles. The molecule has 1 spiro atoms. The third-order valence-corrected chi connectivity index (χ3v) is 13.3. The van der Waals surface area contributed by atoms with Gasteiger partial charge in [-0.05, 0) is 119 Å². The largest absolute Gasteiger partial charge is 0.310 e. The van der Waals surface area contributed by atoms with Gasteiger partial charge in [0.1, 0.15) is 0 Å². The number of anilines is 3. The van der Waals surface area contributed by atoms with Crippen molar-refractivity contribution in [3.63, 3.8) is 0 Å². The molecule has 0 N–H and O–H groups in total. The van der Waals surface area contributed by atoms with Crippen LogP contribution in [0.4, 0.5) is 17.1 Å². The van der Waals surface area contributed by atoms with Crippen molar-refractivity contribution in [1.29, 1.82) is 0 Å². The van der Waals surface area contributed by atoms with E-state index in [-0.39, 0.29) is 5.41 Å². The molecule has 9 aromatic rings. The molecule has 0 fully saturated rings. The van der Waals surface area contributed by atoms with E-state index < -0.39 is 5.41 Å². The van der Waals surface area contributed by atoms with Crippen LogP contribution in [-0.4, -0.2) is 0 Å². The van der Waals surface area contributed by atoms with Gasteiger partial charge in [0.05, 0.1) is 11.1 Å². The summed E-state index contributed by atoms with van der Waals surface area (Å²) in [7, 11) is 0. The van der Waals surface area contributed by atoms with Crippen molar-refractivity contribution in [3.05, 3.63) is 234 Å². The molecule has 3 aliphatic carbocycles. The first-order valence-electron chi connectivity index (χ1n) is 20.1. The number of rotatable bonds is 4. The Morgan fingerprint density at radius 1 is 0.351 bits per heavy atom. The summed E-state index contributed by atoms with van der Waals surface area (Å²) in [5.41, 5.74) is 21.3. The van der Waals surface area contributed by atoms with E-state index in [4.69, 9.17) is 0 Å². The highest BCUT2D eigenvalue weighted by atomic mass is 15.1. The Balaban J connectivity index is 1.17. The molecule has 3 aliphatic rings. The van der Waals surface area contributed by atoms with Gasteiger partial charge in [0.2, 0.25) is 0 Å². The predicted octanol–water partition coefficient (Wildman–Crippen LogP) is 14.6. The molecule has 268 valence electrons. The van der Waals surface area contributed by atoms with Crippen molar-refractivity contribution in [2.45, 2.75) is 24.7 Å². The van der Waals surface area contributed by atoms with Crippen LogP contribution >= 0.6 is 0 Å². The van der Waals surface area contributed by atoms with Crippen LogP contribution in [0.1, 0.15) is 47.2 Å². The van der Waals surface area contributed by atoms with E-state index in [1.807, 2.05) is 0 Å². The average molecular weight is 726 g/mol. The zero-order valence-electron chi connectivity index (χ0n) is 32.0. The van der Waals surface area contributed by atoms with E-state index in [1.54, 1.807) is 0 Å². The van der Waals surface area contributed by atoms with Crippen LogP contribution < -0.4 is 4.90 Å². The third-order valence-electron chi connectivity index (χ3n) is 13.3. The standard InChI is InChI=1S/C56H39N/c1-55(2)46-32-28-38(36-16-5-3-6-17-36)34-45(46)54-52(33-29-37-18-15-27-50(55)53(37)54)57(39-19-7-4-8-20-39)40-30-31-44-43-23-11-14-26-49(43)56(51(44)35-40)47-24-12-9-21-41(47)42-22-10-13-25-48(42)56/h3-35H,1-2H3.